The molecule has 110 valence electrons. The molecule has 0 saturated carbocycles. The summed E-state index contributed by atoms with van der Waals surface area (Å²) in [6.07, 6.45) is 4.89. The summed E-state index contributed by atoms with van der Waals surface area (Å²) in [5, 5.41) is 11.6. The Balaban J connectivity index is 2.29. The van der Waals surface area contributed by atoms with E-state index in [2.05, 4.69) is 5.32 Å². The molecular weight excluding hydrogens is 246 g/mol. The van der Waals surface area contributed by atoms with Crippen molar-refractivity contribution in [2.45, 2.75) is 64.5 Å². The van der Waals surface area contributed by atoms with E-state index in [0.717, 1.165) is 25.9 Å². The van der Waals surface area contributed by atoms with Crippen molar-refractivity contribution >= 4 is 11.9 Å². The fourth-order valence-corrected chi connectivity index (χ4v) is 2.29. The van der Waals surface area contributed by atoms with E-state index in [1.54, 1.807) is 0 Å². The third kappa shape index (κ3) is 6.57. The molecule has 0 bridgehead atoms. The molecule has 1 aliphatic rings. The van der Waals surface area contributed by atoms with Crippen molar-refractivity contribution in [2.24, 2.45) is 5.92 Å². The van der Waals surface area contributed by atoms with Crippen LogP contribution in [0.25, 0.3) is 0 Å². The Bertz CT molecular complexity index is 298. The van der Waals surface area contributed by atoms with Gasteiger partial charge in [-0.3, -0.25) is 4.79 Å². The quantitative estimate of drug-likeness (QED) is 0.742. The molecule has 1 fully saturated rings. The molecule has 5 heteroatoms. The van der Waals surface area contributed by atoms with E-state index in [-0.39, 0.29) is 17.9 Å². The van der Waals surface area contributed by atoms with Gasteiger partial charge in [-0.15, -0.1) is 0 Å². The van der Waals surface area contributed by atoms with E-state index in [1.165, 1.54) is 0 Å². The molecule has 1 aliphatic heterocycles. The van der Waals surface area contributed by atoms with Gasteiger partial charge >= 0.3 is 5.97 Å². The van der Waals surface area contributed by atoms with Gasteiger partial charge in [-0.2, -0.15) is 0 Å². The molecule has 1 unspecified atom stereocenters. The van der Waals surface area contributed by atoms with Crippen LogP contribution in [0, 0.1) is 5.92 Å². The topological polar surface area (TPSA) is 75.6 Å². The van der Waals surface area contributed by atoms with Crippen LogP contribution in [0.3, 0.4) is 0 Å². The third-order valence-corrected chi connectivity index (χ3v) is 3.31. The standard InChI is InChI=1S/C14H25NO4/c1-10(2)9-12(14(17)18)15-13(16)7-6-11-5-3-4-8-19-11/h10-12H,3-9H2,1-2H3,(H,15,16)(H,17,18)/t11?,12-/m1/s1. The maximum absolute atomic E-state index is 11.8. The van der Waals surface area contributed by atoms with Crippen LogP contribution in [0.4, 0.5) is 0 Å². The van der Waals surface area contributed by atoms with Crippen molar-refractivity contribution in [1.82, 2.24) is 5.32 Å². The van der Waals surface area contributed by atoms with E-state index >= 15 is 0 Å². The number of carbonyl (C=O) groups is 2. The summed E-state index contributed by atoms with van der Waals surface area (Å²) >= 11 is 0. The van der Waals surface area contributed by atoms with Gasteiger partial charge in [-0.1, -0.05) is 13.8 Å². The Labute approximate surface area is 114 Å². The van der Waals surface area contributed by atoms with Crippen molar-refractivity contribution in [3.05, 3.63) is 0 Å². The molecule has 0 aliphatic carbocycles. The summed E-state index contributed by atoms with van der Waals surface area (Å²) in [6, 6.07) is -0.778. The molecule has 0 spiro atoms. The number of hydrogen-bond donors (Lipinski definition) is 2. The van der Waals surface area contributed by atoms with Gasteiger partial charge in [-0.05, 0) is 38.0 Å². The van der Waals surface area contributed by atoms with Crippen LogP contribution in [0.5, 0.6) is 0 Å². The van der Waals surface area contributed by atoms with E-state index < -0.39 is 12.0 Å². The van der Waals surface area contributed by atoms with Crippen LogP contribution >= 0.6 is 0 Å². The second kappa shape index (κ2) is 8.15. The minimum Gasteiger partial charge on any atom is -0.480 e. The number of ether oxygens (including phenoxy) is 1. The molecule has 2 N–H and O–H groups in total. The molecular formula is C14H25NO4. The second-order valence-corrected chi connectivity index (χ2v) is 5.62. The molecule has 1 saturated heterocycles. The van der Waals surface area contributed by atoms with E-state index in [9.17, 15) is 9.59 Å². The summed E-state index contributed by atoms with van der Waals surface area (Å²) < 4.78 is 5.55. The highest BCUT2D eigenvalue weighted by atomic mass is 16.5. The number of aliphatic carboxylic acids is 1. The highest BCUT2D eigenvalue weighted by molar-refractivity contribution is 5.83. The van der Waals surface area contributed by atoms with Crippen molar-refractivity contribution < 1.29 is 19.4 Å². The lowest BCUT2D eigenvalue weighted by atomic mass is 10.0. The minimum atomic E-state index is -0.962. The maximum atomic E-state index is 11.8. The van der Waals surface area contributed by atoms with E-state index in [0.29, 0.717) is 19.3 Å². The SMILES string of the molecule is CC(C)C[C@@H](NC(=O)CCC1CCCCO1)C(=O)O. The third-order valence-electron chi connectivity index (χ3n) is 3.31. The first-order chi connectivity index (χ1) is 8.99. The van der Waals surface area contributed by atoms with Gasteiger partial charge in [-0.25, -0.2) is 4.79 Å². The molecule has 0 aromatic carbocycles. The first-order valence-electron chi connectivity index (χ1n) is 7.12. The Hall–Kier alpha value is -1.10. The lowest BCUT2D eigenvalue weighted by Gasteiger charge is -2.22. The number of carboxylic acid groups (broad SMARTS) is 1. The number of rotatable bonds is 7. The fourth-order valence-electron chi connectivity index (χ4n) is 2.29. The van der Waals surface area contributed by atoms with Crippen LogP contribution in [-0.2, 0) is 14.3 Å². The summed E-state index contributed by atoms with van der Waals surface area (Å²) in [5.74, 6) is -0.915. The van der Waals surface area contributed by atoms with Gasteiger partial charge in [0.15, 0.2) is 0 Å². The molecule has 19 heavy (non-hydrogen) atoms. The van der Waals surface area contributed by atoms with E-state index in [4.69, 9.17) is 9.84 Å². The van der Waals surface area contributed by atoms with Crippen LogP contribution in [0.15, 0.2) is 0 Å². The van der Waals surface area contributed by atoms with Gasteiger partial charge in [0.2, 0.25) is 5.91 Å². The summed E-state index contributed by atoms with van der Waals surface area (Å²) in [4.78, 5) is 22.8. The Morgan fingerprint density at radius 2 is 2.11 bits per heavy atom. The summed E-state index contributed by atoms with van der Waals surface area (Å²) in [7, 11) is 0. The number of hydrogen-bond acceptors (Lipinski definition) is 3. The van der Waals surface area contributed by atoms with Gasteiger partial charge in [0.25, 0.3) is 0 Å². The van der Waals surface area contributed by atoms with Crippen molar-refractivity contribution in [1.29, 1.82) is 0 Å². The van der Waals surface area contributed by atoms with Crippen molar-refractivity contribution in [2.75, 3.05) is 6.61 Å². The Morgan fingerprint density at radius 3 is 2.63 bits per heavy atom. The van der Waals surface area contributed by atoms with Gasteiger partial charge in [0.05, 0.1) is 6.10 Å². The fraction of sp³-hybridized carbons (Fsp3) is 0.857. The number of carboxylic acids is 1. The molecule has 1 amide bonds. The van der Waals surface area contributed by atoms with Gasteiger partial charge < -0.3 is 15.2 Å². The normalized spacial score (nSPS) is 21.1. The molecule has 0 aromatic heterocycles. The van der Waals surface area contributed by atoms with Crippen LogP contribution < -0.4 is 5.32 Å². The molecule has 1 heterocycles. The van der Waals surface area contributed by atoms with Crippen LogP contribution in [0.2, 0.25) is 0 Å². The first-order valence-corrected chi connectivity index (χ1v) is 7.12. The minimum absolute atomic E-state index is 0.160. The van der Waals surface area contributed by atoms with Crippen LogP contribution in [0.1, 0.15) is 52.4 Å². The second-order valence-electron chi connectivity index (χ2n) is 5.62. The zero-order chi connectivity index (χ0) is 14.3. The average molecular weight is 271 g/mol. The smallest absolute Gasteiger partial charge is 0.326 e. The Kier molecular flexibility index (Phi) is 6.84. The monoisotopic (exact) mass is 271 g/mol. The number of nitrogens with one attached hydrogen (secondary N) is 1. The van der Waals surface area contributed by atoms with E-state index in [1.807, 2.05) is 13.8 Å². The molecule has 2 atom stereocenters. The first kappa shape index (κ1) is 16.0. The molecule has 0 aromatic rings. The lowest BCUT2D eigenvalue weighted by molar-refractivity contribution is -0.142. The molecule has 0 radical (unpaired) electrons. The maximum Gasteiger partial charge on any atom is 0.326 e. The highest BCUT2D eigenvalue weighted by Gasteiger charge is 2.22. The highest BCUT2D eigenvalue weighted by Crippen LogP contribution is 2.17. The predicted molar refractivity (Wildman–Crippen MR) is 71.8 cm³/mol. The van der Waals surface area contributed by atoms with Crippen molar-refractivity contribution in [3.63, 3.8) is 0 Å². The zero-order valence-electron chi connectivity index (χ0n) is 11.9. The van der Waals surface area contributed by atoms with Gasteiger partial charge in [0.1, 0.15) is 6.04 Å². The largest absolute Gasteiger partial charge is 0.480 e. The Morgan fingerprint density at radius 1 is 1.37 bits per heavy atom. The number of carbonyl (C=O) groups excluding carboxylic acids is 1. The van der Waals surface area contributed by atoms with Gasteiger partial charge in [0, 0.05) is 13.0 Å². The summed E-state index contributed by atoms with van der Waals surface area (Å²) in [5.41, 5.74) is 0. The number of amides is 1. The zero-order valence-corrected chi connectivity index (χ0v) is 11.9. The average Bonchev–Trinajstić information content (AvgIpc) is 2.36. The molecule has 5 nitrogen and oxygen atoms in total. The molecule has 1 rings (SSSR count). The summed E-state index contributed by atoms with van der Waals surface area (Å²) in [6.45, 7) is 4.66. The van der Waals surface area contributed by atoms with Crippen molar-refractivity contribution in [3.8, 4) is 0 Å². The van der Waals surface area contributed by atoms with Crippen LogP contribution in [-0.4, -0.2) is 35.7 Å². The lowest BCUT2D eigenvalue weighted by Crippen LogP contribution is -2.41. The predicted octanol–water partition coefficient (Wildman–Crippen LogP) is 1.95.